The van der Waals surface area contributed by atoms with Crippen LogP contribution in [0.15, 0.2) is 42.6 Å². The van der Waals surface area contributed by atoms with Crippen molar-refractivity contribution < 1.29 is 5.11 Å². The van der Waals surface area contributed by atoms with Crippen LogP contribution in [-0.4, -0.2) is 16.7 Å². The quantitative estimate of drug-likeness (QED) is 0.899. The second kappa shape index (κ2) is 6.19. The fraction of sp³-hybridized carbons (Fsp3) is 0.143. The Kier molecular flexibility index (Phi) is 4.35. The first-order chi connectivity index (χ1) is 9.22. The van der Waals surface area contributed by atoms with Gasteiger partial charge in [0.15, 0.2) is 0 Å². The number of hydrogen-bond donors (Lipinski definition) is 2. The zero-order chi connectivity index (χ0) is 13.7. The van der Waals surface area contributed by atoms with Crippen molar-refractivity contribution in [2.45, 2.75) is 6.04 Å². The molecule has 1 unspecified atom stereocenters. The fourth-order valence-electron chi connectivity index (χ4n) is 1.65. The first-order valence-corrected chi connectivity index (χ1v) is 6.09. The minimum absolute atomic E-state index is 0.0662. The molecule has 0 bridgehead atoms. The molecule has 2 N–H and O–H groups in total. The summed E-state index contributed by atoms with van der Waals surface area (Å²) in [6, 6.07) is 12.4. The lowest BCUT2D eigenvalue weighted by Gasteiger charge is -2.17. The first kappa shape index (κ1) is 13.3. The van der Waals surface area contributed by atoms with E-state index in [-0.39, 0.29) is 12.6 Å². The predicted molar refractivity (Wildman–Crippen MR) is 73.9 cm³/mol. The summed E-state index contributed by atoms with van der Waals surface area (Å²) in [4.78, 5) is 4.11. The molecule has 1 heterocycles. The monoisotopic (exact) mass is 273 g/mol. The van der Waals surface area contributed by atoms with Gasteiger partial charge in [0.2, 0.25) is 0 Å². The zero-order valence-corrected chi connectivity index (χ0v) is 10.8. The first-order valence-electron chi connectivity index (χ1n) is 5.72. The summed E-state index contributed by atoms with van der Waals surface area (Å²) < 4.78 is 0. The van der Waals surface area contributed by atoms with E-state index in [1.54, 1.807) is 24.3 Å². The number of aliphatic hydroxyl groups excluding tert-OH is 1. The van der Waals surface area contributed by atoms with Crippen molar-refractivity contribution in [2.75, 3.05) is 11.9 Å². The van der Waals surface area contributed by atoms with E-state index in [4.69, 9.17) is 16.9 Å². The molecule has 2 aromatic rings. The van der Waals surface area contributed by atoms with Gasteiger partial charge in [-0.1, -0.05) is 23.7 Å². The van der Waals surface area contributed by atoms with Gasteiger partial charge in [0.1, 0.15) is 11.9 Å². The molecule has 0 aliphatic heterocycles. The number of nitriles is 1. The fourth-order valence-corrected chi connectivity index (χ4v) is 1.78. The SMILES string of the molecule is N#Cc1ccc(NC(CO)c2ccc(Cl)cc2)nc1. The lowest BCUT2D eigenvalue weighted by molar-refractivity contribution is 0.276. The van der Waals surface area contributed by atoms with Crippen LogP contribution < -0.4 is 5.32 Å². The highest BCUT2D eigenvalue weighted by Gasteiger charge is 2.10. The highest BCUT2D eigenvalue weighted by atomic mass is 35.5. The number of aliphatic hydroxyl groups is 1. The third-order valence-corrected chi connectivity index (χ3v) is 2.92. The van der Waals surface area contributed by atoms with Gasteiger partial charge >= 0.3 is 0 Å². The highest BCUT2D eigenvalue weighted by Crippen LogP contribution is 2.20. The topological polar surface area (TPSA) is 68.9 Å². The number of anilines is 1. The molecule has 0 aliphatic carbocycles. The molecule has 2 rings (SSSR count). The van der Waals surface area contributed by atoms with Crippen molar-refractivity contribution in [3.63, 3.8) is 0 Å². The lowest BCUT2D eigenvalue weighted by Crippen LogP contribution is -2.15. The largest absolute Gasteiger partial charge is 0.394 e. The Morgan fingerprint density at radius 1 is 1.26 bits per heavy atom. The Balaban J connectivity index is 2.14. The van der Waals surface area contributed by atoms with Crippen molar-refractivity contribution in [1.29, 1.82) is 5.26 Å². The number of aromatic nitrogens is 1. The van der Waals surface area contributed by atoms with Crippen LogP contribution in [0.25, 0.3) is 0 Å². The van der Waals surface area contributed by atoms with Crippen LogP contribution in [0, 0.1) is 11.3 Å². The van der Waals surface area contributed by atoms with Gasteiger partial charge in [-0.05, 0) is 29.8 Å². The molecule has 5 heteroatoms. The van der Waals surface area contributed by atoms with Gasteiger partial charge in [0.25, 0.3) is 0 Å². The smallest absolute Gasteiger partial charge is 0.126 e. The van der Waals surface area contributed by atoms with E-state index >= 15 is 0 Å². The number of pyridine rings is 1. The maximum atomic E-state index is 9.44. The number of halogens is 1. The summed E-state index contributed by atoms with van der Waals surface area (Å²) in [5.74, 6) is 0.605. The van der Waals surface area contributed by atoms with E-state index < -0.39 is 0 Å². The maximum Gasteiger partial charge on any atom is 0.126 e. The summed E-state index contributed by atoms with van der Waals surface area (Å²) in [6.07, 6.45) is 1.48. The average molecular weight is 274 g/mol. The lowest BCUT2D eigenvalue weighted by atomic mass is 10.1. The number of nitrogens with one attached hydrogen (secondary N) is 1. The molecule has 0 radical (unpaired) electrons. The van der Waals surface area contributed by atoms with Gasteiger partial charge in [-0.25, -0.2) is 4.98 Å². The van der Waals surface area contributed by atoms with Crippen molar-refractivity contribution >= 4 is 17.4 Å². The standard InChI is InChI=1S/C14H12ClN3O/c15-12-4-2-11(3-5-12)13(9-19)18-14-6-1-10(7-16)8-17-14/h1-6,8,13,19H,9H2,(H,17,18). The Labute approximate surface area is 116 Å². The molecule has 0 saturated carbocycles. The molecule has 0 amide bonds. The van der Waals surface area contributed by atoms with Gasteiger partial charge in [-0.3, -0.25) is 0 Å². The van der Waals surface area contributed by atoms with Crippen LogP contribution in [-0.2, 0) is 0 Å². The molecule has 0 aliphatic rings. The summed E-state index contributed by atoms with van der Waals surface area (Å²) in [5, 5.41) is 21.9. The number of rotatable bonds is 4. The van der Waals surface area contributed by atoms with Crippen LogP contribution in [0.5, 0.6) is 0 Å². The molecule has 0 spiro atoms. The number of benzene rings is 1. The van der Waals surface area contributed by atoms with Gasteiger partial charge in [0.05, 0.1) is 18.2 Å². The molecular formula is C14H12ClN3O. The number of nitrogens with zero attached hydrogens (tertiary/aromatic N) is 2. The van der Waals surface area contributed by atoms with Crippen LogP contribution in [0.3, 0.4) is 0 Å². The van der Waals surface area contributed by atoms with E-state index in [0.717, 1.165) is 5.56 Å². The third-order valence-electron chi connectivity index (χ3n) is 2.67. The minimum atomic E-state index is -0.266. The zero-order valence-electron chi connectivity index (χ0n) is 10.0. The Morgan fingerprint density at radius 3 is 2.53 bits per heavy atom. The molecule has 19 heavy (non-hydrogen) atoms. The van der Waals surface area contributed by atoms with E-state index in [1.165, 1.54) is 6.20 Å². The van der Waals surface area contributed by atoms with Crippen molar-refractivity contribution in [2.24, 2.45) is 0 Å². The molecule has 0 saturated heterocycles. The minimum Gasteiger partial charge on any atom is -0.394 e. The van der Waals surface area contributed by atoms with Gasteiger partial charge in [-0.15, -0.1) is 0 Å². The van der Waals surface area contributed by atoms with E-state index in [9.17, 15) is 5.11 Å². The van der Waals surface area contributed by atoms with Crippen molar-refractivity contribution in [3.05, 3.63) is 58.7 Å². The van der Waals surface area contributed by atoms with Crippen LogP contribution >= 0.6 is 11.6 Å². The van der Waals surface area contributed by atoms with E-state index in [2.05, 4.69) is 10.3 Å². The van der Waals surface area contributed by atoms with E-state index in [0.29, 0.717) is 16.4 Å². The third kappa shape index (κ3) is 3.44. The predicted octanol–water partition coefficient (Wildman–Crippen LogP) is 2.75. The second-order valence-corrected chi connectivity index (χ2v) is 4.41. The average Bonchev–Trinajstić information content (AvgIpc) is 2.46. The van der Waals surface area contributed by atoms with Gasteiger partial charge < -0.3 is 10.4 Å². The van der Waals surface area contributed by atoms with Crippen LogP contribution in [0.4, 0.5) is 5.82 Å². The molecular weight excluding hydrogens is 262 g/mol. The van der Waals surface area contributed by atoms with Crippen molar-refractivity contribution in [1.82, 2.24) is 4.98 Å². The molecule has 1 atom stereocenters. The van der Waals surface area contributed by atoms with Gasteiger partial charge in [0, 0.05) is 11.2 Å². The normalized spacial score (nSPS) is 11.6. The molecule has 96 valence electrons. The van der Waals surface area contributed by atoms with Crippen LogP contribution in [0.1, 0.15) is 17.2 Å². The van der Waals surface area contributed by atoms with Crippen LogP contribution in [0.2, 0.25) is 5.02 Å². The summed E-state index contributed by atoms with van der Waals surface area (Å²) >= 11 is 5.83. The van der Waals surface area contributed by atoms with E-state index in [1.807, 2.05) is 18.2 Å². The summed E-state index contributed by atoms with van der Waals surface area (Å²) in [7, 11) is 0. The Morgan fingerprint density at radius 2 is 2.00 bits per heavy atom. The second-order valence-electron chi connectivity index (χ2n) is 3.97. The summed E-state index contributed by atoms with van der Waals surface area (Å²) in [5.41, 5.74) is 1.41. The molecule has 1 aromatic carbocycles. The Hall–Kier alpha value is -2.09. The van der Waals surface area contributed by atoms with Crippen molar-refractivity contribution in [3.8, 4) is 6.07 Å². The summed E-state index contributed by atoms with van der Waals surface area (Å²) in [6.45, 7) is -0.0662. The molecule has 1 aromatic heterocycles. The molecule has 0 fully saturated rings. The van der Waals surface area contributed by atoms with Gasteiger partial charge in [-0.2, -0.15) is 5.26 Å². The number of hydrogen-bond acceptors (Lipinski definition) is 4. The molecule has 4 nitrogen and oxygen atoms in total. The maximum absolute atomic E-state index is 9.44. The Bertz CT molecular complexity index is 575. The highest BCUT2D eigenvalue weighted by molar-refractivity contribution is 6.30.